The molecule has 0 unspecified atom stereocenters. The summed E-state index contributed by atoms with van der Waals surface area (Å²) < 4.78 is 2.90. The third kappa shape index (κ3) is 3.45. The zero-order valence-corrected chi connectivity index (χ0v) is 11.1. The van der Waals surface area contributed by atoms with Crippen molar-refractivity contribution in [1.82, 2.24) is 14.3 Å². The molecule has 4 heteroatoms. The molecule has 0 radical (unpaired) electrons. The van der Waals surface area contributed by atoms with Crippen molar-refractivity contribution < 1.29 is 0 Å². The van der Waals surface area contributed by atoms with E-state index in [2.05, 4.69) is 5.10 Å². The topological polar surface area (TPSA) is 39.8 Å². The lowest BCUT2D eigenvalue weighted by Gasteiger charge is -1.99. The van der Waals surface area contributed by atoms with Crippen molar-refractivity contribution in [1.29, 1.82) is 0 Å². The van der Waals surface area contributed by atoms with Crippen LogP contribution in [0.25, 0.3) is 6.20 Å². The molecule has 0 aliphatic heterocycles. The molecule has 0 fully saturated rings. The van der Waals surface area contributed by atoms with E-state index in [1.165, 1.54) is 4.68 Å². The van der Waals surface area contributed by atoms with Crippen molar-refractivity contribution in [3.63, 3.8) is 0 Å². The van der Waals surface area contributed by atoms with E-state index in [-0.39, 0.29) is 5.69 Å². The summed E-state index contributed by atoms with van der Waals surface area (Å²) in [5.41, 5.74) is 0.964. The fraction of sp³-hybridized carbons (Fsp3) is 0.286. The van der Waals surface area contributed by atoms with Gasteiger partial charge >= 0.3 is 5.69 Å². The van der Waals surface area contributed by atoms with Crippen LogP contribution in [0, 0.1) is 0 Å². The second-order valence-corrected chi connectivity index (χ2v) is 3.45. The van der Waals surface area contributed by atoms with Gasteiger partial charge in [-0.15, -0.1) is 0 Å². The van der Waals surface area contributed by atoms with E-state index in [1.807, 2.05) is 51.1 Å². The third-order valence-electron chi connectivity index (χ3n) is 2.24. The van der Waals surface area contributed by atoms with Crippen LogP contribution < -0.4 is 5.69 Å². The third-order valence-corrected chi connectivity index (χ3v) is 2.24. The highest BCUT2D eigenvalue weighted by Crippen LogP contribution is 1.99. The minimum atomic E-state index is -0.123. The van der Waals surface area contributed by atoms with Crippen LogP contribution in [0.15, 0.2) is 47.5 Å². The van der Waals surface area contributed by atoms with E-state index in [1.54, 1.807) is 23.2 Å². The molecule has 0 atom stereocenters. The minimum absolute atomic E-state index is 0.123. The van der Waals surface area contributed by atoms with Gasteiger partial charge in [0.15, 0.2) is 0 Å². The summed E-state index contributed by atoms with van der Waals surface area (Å²) in [5, 5.41) is 3.98. The van der Waals surface area contributed by atoms with Crippen LogP contribution in [0.1, 0.15) is 26.3 Å². The summed E-state index contributed by atoms with van der Waals surface area (Å²) in [4.78, 5) is 11.8. The standard InChI is InChI=1S/C12H13N3O.C2H6/c1-2-8-15-12(16)14(10-13-15)9-11-6-4-3-5-7-11;1-2/h2-8,10H,9H2,1H3;1-2H3/b8-2+;. The summed E-state index contributed by atoms with van der Waals surface area (Å²) >= 11 is 0. The van der Waals surface area contributed by atoms with E-state index in [0.29, 0.717) is 6.54 Å². The van der Waals surface area contributed by atoms with Crippen LogP contribution in [0.5, 0.6) is 0 Å². The van der Waals surface area contributed by atoms with Crippen molar-refractivity contribution in [2.45, 2.75) is 27.3 Å². The van der Waals surface area contributed by atoms with Gasteiger partial charge in [-0.2, -0.15) is 9.78 Å². The van der Waals surface area contributed by atoms with E-state index >= 15 is 0 Å². The summed E-state index contributed by atoms with van der Waals surface area (Å²) in [6, 6.07) is 9.84. The van der Waals surface area contributed by atoms with Gasteiger partial charge in [0.05, 0.1) is 6.54 Å². The summed E-state index contributed by atoms with van der Waals surface area (Å²) in [7, 11) is 0. The lowest BCUT2D eigenvalue weighted by atomic mass is 10.2. The number of allylic oxidation sites excluding steroid dienone is 1. The van der Waals surface area contributed by atoms with Gasteiger partial charge in [-0.1, -0.05) is 50.3 Å². The molecule has 96 valence electrons. The molecule has 4 nitrogen and oxygen atoms in total. The van der Waals surface area contributed by atoms with Crippen molar-refractivity contribution in [2.75, 3.05) is 0 Å². The molecule has 0 saturated carbocycles. The average molecular weight is 245 g/mol. The first-order chi connectivity index (χ1) is 8.81. The van der Waals surface area contributed by atoms with Crippen LogP contribution in [-0.4, -0.2) is 14.3 Å². The first kappa shape index (κ1) is 14.0. The molecule has 18 heavy (non-hydrogen) atoms. The molecular weight excluding hydrogens is 226 g/mol. The van der Waals surface area contributed by atoms with Crippen LogP contribution in [0.2, 0.25) is 0 Å². The fourth-order valence-electron chi connectivity index (χ4n) is 1.48. The van der Waals surface area contributed by atoms with Crippen molar-refractivity contribution in [3.05, 3.63) is 58.8 Å². The highest BCUT2D eigenvalue weighted by Gasteiger charge is 2.02. The Morgan fingerprint density at radius 2 is 1.89 bits per heavy atom. The molecule has 2 rings (SSSR count). The van der Waals surface area contributed by atoms with Gasteiger partial charge in [0.1, 0.15) is 6.33 Å². The molecule has 0 spiro atoms. The highest BCUT2D eigenvalue weighted by molar-refractivity contribution is 5.18. The Morgan fingerprint density at radius 3 is 2.50 bits per heavy atom. The fourth-order valence-corrected chi connectivity index (χ4v) is 1.48. The van der Waals surface area contributed by atoms with Crippen LogP contribution in [0.3, 0.4) is 0 Å². The molecule has 0 saturated heterocycles. The van der Waals surface area contributed by atoms with Gasteiger partial charge < -0.3 is 0 Å². The van der Waals surface area contributed by atoms with Crippen LogP contribution in [0.4, 0.5) is 0 Å². The normalized spacial score (nSPS) is 10.2. The number of hydrogen-bond donors (Lipinski definition) is 0. The zero-order valence-electron chi connectivity index (χ0n) is 11.1. The smallest absolute Gasteiger partial charge is 0.277 e. The van der Waals surface area contributed by atoms with Gasteiger partial charge in [-0.25, -0.2) is 4.79 Å². The molecule has 0 amide bonds. The number of hydrogen-bond acceptors (Lipinski definition) is 2. The van der Waals surface area contributed by atoms with E-state index in [0.717, 1.165) is 5.56 Å². The maximum atomic E-state index is 11.8. The molecule has 0 aliphatic carbocycles. The first-order valence-corrected chi connectivity index (χ1v) is 6.12. The van der Waals surface area contributed by atoms with Gasteiger partial charge in [-0.3, -0.25) is 4.57 Å². The number of benzene rings is 1. The molecular formula is C14H19N3O. The van der Waals surface area contributed by atoms with Crippen molar-refractivity contribution in [2.24, 2.45) is 0 Å². The van der Waals surface area contributed by atoms with E-state index in [4.69, 9.17) is 0 Å². The molecule has 2 aromatic rings. The molecule has 0 aliphatic rings. The second kappa shape index (κ2) is 7.27. The zero-order chi connectivity index (χ0) is 13.4. The van der Waals surface area contributed by atoms with Crippen molar-refractivity contribution in [3.8, 4) is 0 Å². The summed E-state index contributed by atoms with van der Waals surface area (Å²) in [5.74, 6) is 0. The van der Waals surface area contributed by atoms with Gasteiger partial charge in [0.25, 0.3) is 0 Å². The van der Waals surface area contributed by atoms with Crippen LogP contribution >= 0.6 is 0 Å². The van der Waals surface area contributed by atoms with E-state index < -0.39 is 0 Å². The second-order valence-electron chi connectivity index (χ2n) is 3.45. The van der Waals surface area contributed by atoms with Gasteiger partial charge in [-0.05, 0) is 12.5 Å². The monoisotopic (exact) mass is 245 g/mol. The SMILES string of the molecule is C/C=C/n1ncn(Cc2ccccc2)c1=O.CC. The molecule has 1 aromatic carbocycles. The Labute approximate surface area is 107 Å². The Bertz CT molecular complexity index is 538. The Morgan fingerprint density at radius 1 is 1.22 bits per heavy atom. The largest absolute Gasteiger partial charge is 0.350 e. The minimum Gasteiger partial charge on any atom is -0.277 e. The summed E-state index contributed by atoms with van der Waals surface area (Å²) in [6.07, 6.45) is 4.97. The Balaban J connectivity index is 0.000000771. The maximum Gasteiger partial charge on any atom is 0.350 e. The van der Waals surface area contributed by atoms with E-state index in [9.17, 15) is 4.79 Å². The van der Waals surface area contributed by atoms with Crippen LogP contribution in [-0.2, 0) is 6.54 Å². The Hall–Kier alpha value is -2.10. The molecule has 1 aromatic heterocycles. The molecule has 0 bridgehead atoms. The number of rotatable bonds is 3. The molecule has 0 N–H and O–H groups in total. The highest BCUT2D eigenvalue weighted by atomic mass is 16.2. The summed E-state index contributed by atoms with van der Waals surface area (Å²) in [6.45, 7) is 6.40. The quantitative estimate of drug-likeness (QED) is 0.834. The molecule has 1 heterocycles. The lowest BCUT2D eigenvalue weighted by molar-refractivity contribution is 0.748. The van der Waals surface area contributed by atoms with Crippen molar-refractivity contribution >= 4 is 6.20 Å². The number of aromatic nitrogens is 3. The Kier molecular flexibility index (Phi) is 5.64. The maximum absolute atomic E-state index is 11.8. The first-order valence-electron chi connectivity index (χ1n) is 6.12. The lowest BCUT2D eigenvalue weighted by Crippen LogP contribution is -2.22. The predicted molar refractivity (Wildman–Crippen MR) is 74.4 cm³/mol. The predicted octanol–water partition coefficient (Wildman–Crippen LogP) is 2.61. The van der Waals surface area contributed by atoms with Gasteiger partial charge in [0.2, 0.25) is 0 Å². The average Bonchev–Trinajstić information content (AvgIpc) is 2.76. The number of nitrogens with zero attached hydrogens (tertiary/aromatic N) is 3. The van der Waals surface area contributed by atoms with Gasteiger partial charge in [0, 0.05) is 6.20 Å².